The van der Waals surface area contributed by atoms with E-state index in [1.807, 2.05) is 0 Å². The number of nitrogens with zero attached hydrogens (tertiary/aromatic N) is 2. The molecule has 1 aliphatic rings. The van der Waals surface area contributed by atoms with Crippen LogP contribution in [-0.2, 0) is 4.74 Å². The summed E-state index contributed by atoms with van der Waals surface area (Å²) in [6, 6.07) is 2.67. The van der Waals surface area contributed by atoms with Gasteiger partial charge < -0.3 is 4.74 Å². The smallest absolute Gasteiger partial charge is 0.0753 e. The van der Waals surface area contributed by atoms with Crippen LogP contribution in [0, 0.1) is 11.3 Å². The summed E-state index contributed by atoms with van der Waals surface area (Å²) in [5.41, 5.74) is -0.0544. The molecule has 80 valence electrons. The molecule has 1 fully saturated rings. The summed E-state index contributed by atoms with van der Waals surface area (Å²) in [6.45, 7) is 9.05. The van der Waals surface area contributed by atoms with Gasteiger partial charge in [0.05, 0.1) is 24.7 Å². The van der Waals surface area contributed by atoms with E-state index >= 15 is 0 Å². The number of hydrogen-bond donors (Lipinski definition) is 0. The third-order valence-electron chi connectivity index (χ3n) is 2.77. The first-order valence-corrected chi connectivity index (χ1v) is 5.34. The first-order chi connectivity index (χ1) is 6.59. The summed E-state index contributed by atoms with van der Waals surface area (Å²) in [4.78, 5) is 2.38. The Morgan fingerprint density at radius 2 is 2.29 bits per heavy atom. The molecule has 0 N–H and O–H groups in total. The van der Waals surface area contributed by atoms with Crippen LogP contribution < -0.4 is 0 Å². The molecule has 3 heteroatoms. The Balaban J connectivity index is 2.54. The van der Waals surface area contributed by atoms with E-state index in [-0.39, 0.29) is 5.60 Å². The third-order valence-corrected chi connectivity index (χ3v) is 2.77. The van der Waals surface area contributed by atoms with E-state index in [1.54, 1.807) is 0 Å². The highest BCUT2D eigenvalue weighted by Crippen LogP contribution is 2.20. The predicted octanol–water partition coefficient (Wildman–Crippen LogP) is 1.79. The van der Waals surface area contributed by atoms with Gasteiger partial charge in [0.2, 0.25) is 0 Å². The molecule has 0 aliphatic carbocycles. The first kappa shape index (κ1) is 11.5. The molecule has 0 radical (unpaired) electrons. The lowest BCUT2D eigenvalue weighted by Gasteiger charge is -2.41. The molecule has 0 saturated carbocycles. The molecule has 14 heavy (non-hydrogen) atoms. The van der Waals surface area contributed by atoms with Gasteiger partial charge in [-0.05, 0) is 20.3 Å². The molecule has 1 saturated heterocycles. The fourth-order valence-electron chi connectivity index (χ4n) is 2.00. The molecule has 1 aliphatic heterocycles. The average molecular weight is 196 g/mol. The first-order valence-electron chi connectivity index (χ1n) is 5.34. The summed E-state index contributed by atoms with van der Waals surface area (Å²) in [6.07, 6.45) is 1.68. The lowest BCUT2D eigenvalue weighted by Crippen LogP contribution is -2.51. The molecule has 3 nitrogen and oxygen atoms in total. The number of hydrogen-bond acceptors (Lipinski definition) is 3. The Kier molecular flexibility index (Phi) is 3.91. The fourth-order valence-corrected chi connectivity index (χ4v) is 2.00. The average Bonchev–Trinajstić information content (AvgIpc) is 2.12. The molecule has 0 amide bonds. The monoisotopic (exact) mass is 196 g/mol. The maximum atomic E-state index is 8.72. The van der Waals surface area contributed by atoms with Crippen molar-refractivity contribution in [3.8, 4) is 6.07 Å². The van der Waals surface area contributed by atoms with Crippen molar-refractivity contribution < 1.29 is 4.74 Å². The van der Waals surface area contributed by atoms with Crippen LogP contribution in [0.15, 0.2) is 0 Å². The zero-order chi connectivity index (χ0) is 10.6. The van der Waals surface area contributed by atoms with Gasteiger partial charge in [-0.2, -0.15) is 5.26 Å². The van der Waals surface area contributed by atoms with Gasteiger partial charge in [-0.15, -0.1) is 0 Å². The van der Waals surface area contributed by atoms with Gasteiger partial charge in [0, 0.05) is 19.1 Å². The minimum absolute atomic E-state index is 0.0544. The van der Waals surface area contributed by atoms with E-state index < -0.39 is 0 Å². The minimum Gasteiger partial charge on any atom is -0.373 e. The second kappa shape index (κ2) is 4.77. The molecular formula is C11H20N2O. The molecule has 1 heterocycles. The van der Waals surface area contributed by atoms with Crippen molar-refractivity contribution in [1.82, 2.24) is 4.90 Å². The molecule has 0 aromatic carbocycles. The SMILES string of the molecule is CCC(CC#N)N1CCOC(C)(C)C1. The lowest BCUT2D eigenvalue weighted by molar-refractivity contribution is -0.0969. The standard InChI is InChI=1S/C11H20N2O/c1-4-10(5-6-12)13-7-8-14-11(2,3)9-13/h10H,4-5,7-9H2,1-3H3. The zero-order valence-corrected chi connectivity index (χ0v) is 9.42. The number of rotatable bonds is 3. The highest BCUT2D eigenvalue weighted by atomic mass is 16.5. The molecule has 0 bridgehead atoms. The van der Waals surface area contributed by atoms with Crippen LogP contribution in [-0.4, -0.2) is 36.2 Å². The molecule has 1 atom stereocenters. The van der Waals surface area contributed by atoms with E-state index in [9.17, 15) is 0 Å². The molecule has 1 unspecified atom stereocenters. The fraction of sp³-hybridized carbons (Fsp3) is 0.909. The van der Waals surface area contributed by atoms with E-state index in [4.69, 9.17) is 10.00 Å². The Morgan fingerprint density at radius 3 is 2.79 bits per heavy atom. The summed E-state index contributed by atoms with van der Waals surface area (Å²) in [5, 5.41) is 8.72. The lowest BCUT2D eigenvalue weighted by atomic mass is 10.0. The van der Waals surface area contributed by atoms with Gasteiger partial charge in [0.25, 0.3) is 0 Å². The van der Waals surface area contributed by atoms with Crippen LogP contribution in [0.5, 0.6) is 0 Å². The van der Waals surface area contributed by atoms with Crippen molar-refractivity contribution in [2.24, 2.45) is 0 Å². The molecule has 0 aromatic heterocycles. The van der Waals surface area contributed by atoms with Gasteiger partial charge in [0.1, 0.15) is 0 Å². The van der Waals surface area contributed by atoms with Crippen molar-refractivity contribution in [1.29, 1.82) is 5.26 Å². The second-order valence-corrected chi connectivity index (χ2v) is 4.50. The largest absolute Gasteiger partial charge is 0.373 e. The topological polar surface area (TPSA) is 36.3 Å². The van der Waals surface area contributed by atoms with Crippen molar-refractivity contribution in [2.75, 3.05) is 19.7 Å². The van der Waals surface area contributed by atoms with Gasteiger partial charge in [-0.1, -0.05) is 6.92 Å². The minimum atomic E-state index is -0.0544. The Labute approximate surface area is 86.6 Å². The van der Waals surface area contributed by atoms with Crippen molar-refractivity contribution in [2.45, 2.75) is 45.3 Å². The molecule has 0 aromatic rings. The molecule has 1 rings (SSSR count). The van der Waals surface area contributed by atoms with Gasteiger partial charge >= 0.3 is 0 Å². The Morgan fingerprint density at radius 1 is 1.57 bits per heavy atom. The van der Waals surface area contributed by atoms with Crippen molar-refractivity contribution in [3.63, 3.8) is 0 Å². The number of morpholine rings is 1. The van der Waals surface area contributed by atoms with E-state index in [0.29, 0.717) is 12.5 Å². The predicted molar refractivity (Wildman–Crippen MR) is 55.9 cm³/mol. The number of ether oxygens (including phenoxy) is 1. The van der Waals surface area contributed by atoms with E-state index in [2.05, 4.69) is 31.7 Å². The quantitative estimate of drug-likeness (QED) is 0.690. The van der Waals surface area contributed by atoms with E-state index in [1.165, 1.54) is 0 Å². The van der Waals surface area contributed by atoms with Crippen LogP contribution in [0.3, 0.4) is 0 Å². The summed E-state index contributed by atoms with van der Waals surface area (Å²) < 4.78 is 5.64. The van der Waals surface area contributed by atoms with Crippen LogP contribution >= 0.6 is 0 Å². The summed E-state index contributed by atoms with van der Waals surface area (Å²) >= 11 is 0. The zero-order valence-electron chi connectivity index (χ0n) is 9.42. The molecule has 0 spiro atoms. The summed E-state index contributed by atoms with van der Waals surface area (Å²) in [5.74, 6) is 0. The highest BCUT2D eigenvalue weighted by molar-refractivity contribution is 4.87. The van der Waals surface area contributed by atoms with Crippen molar-refractivity contribution >= 4 is 0 Å². The third kappa shape index (κ3) is 2.97. The maximum Gasteiger partial charge on any atom is 0.0753 e. The maximum absolute atomic E-state index is 8.72. The van der Waals surface area contributed by atoms with E-state index in [0.717, 1.165) is 26.1 Å². The van der Waals surface area contributed by atoms with Gasteiger partial charge in [0.15, 0.2) is 0 Å². The van der Waals surface area contributed by atoms with Gasteiger partial charge in [-0.25, -0.2) is 0 Å². The van der Waals surface area contributed by atoms with Crippen LogP contribution in [0.25, 0.3) is 0 Å². The Bertz CT molecular complexity index is 220. The van der Waals surface area contributed by atoms with Crippen LogP contribution in [0.4, 0.5) is 0 Å². The van der Waals surface area contributed by atoms with Crippen LogP contribution in [0.2, 0.25) is 0 Å². The highest BCUT2D eigenvalue weighted by Gasteiger charge is 2.30. The second-order valence-electron chi connectivity index (χ2n) is 4.50. The summed E-state index contributed by atoms with van der Waals surface area (Å²) in [7, 11) is 0. The normalized spacial score (nSPS) is 24.1. The van der Waals surface area contributed by atoms with Crippen molar-refractivity contribution in [3.05, 3.63) is 0 Å². The molecular weight excluding hydrogens is 176 g/mol. The number of nitriles is 1. The Hall–Kier alpha value is -0.590. The van der Waals surface area contributed by atoms with Gasteiger partial charge in [-0.3, -0.25) is 4.90 Å². The van der Waals surface area contributed by atoms with Crippen LogP contribution in [0.1, 0.15) is 33.6 Å².